The molecule has 0 bridgehead atoms. The summed E-state index contributed by atoms with van der Waals surface area (Å²) in [7, 11) is -4.03. The van der Waals surface area contributed by atoms with Crippen molar-refractivity contribution >= 4 is 21.6 Å². The van der Waals surface area contributed by atoms with Gasteiger partial charge < -0.3 is 5.73 Å². The van der Waals surface area contributed by atoms with Crippen LogP contribution in [0.25, 0.3) is 0 Å². The Hall–Kier alpha value is -1.48. The average molecular weight is 297 g/mol. The van der Waals surface area contributed by atoms with Crippen molar-refractivity contribution in [2.45, 2.75) is 19.5 Å². The lowest BCUT2D eigenvalue weighted by Crippen LogP contribution is -2.31. The summed E-state index contributed by atoms with van der Waals surface area (Å²) in [5, 5.41) is 0. The van der Waals surface area contributed by atoms with Gasteiger partial charge in [0, 0.05) is 12.2 Å². The van der Waals surface area contributed by atoms with Crippen LogP contribution >= 0.6 is 0 Å². The van der Waals surface area contributed by atoms with Crippen molar-refractivity contribution in [2.75, 3.05) is 17.0 Å². The lowest BCUT2D eigenvalue weighted by Gasteiger charge is -2.15. The number of alkyl halides is 3. The molecule has 0 aromatic heterocycles. The minimum atomic E-state index is -4.70. The summed E-state index contributed by atoms with van der Waals surface area (Å²) >= 11 is 0. The Labute approximate surface area is 109 Å². The Morgan fingerprint density at radius 1 is 1.32 bits per heavy atom. The number of anilines is 2. The van der Waals surface area contributed by atoms with Crippen LogP contribution in [0.15, 0.2) is 18.2 Å². The van der Waals surface area contributed by atoms with E-state index < -0.39 is 27.6 Å². The van der Waals surface area contributed by atoms with Gasteiger partial charge >= 0.3 is 6.18 Å². The van der Waals surface area contributed by atoms with E-state index in [1.807, 2.05) is 4.72 Å². The van der Waals surface area contributed by atoms with Gasteiger partial charge in [-0.2, -0.15) is 26.3 Å². The molecule has 0 aliphatic rings. The van der Waals surface area contributed by atoms with Gasteiger partial charge in [0.25, 0.3) is 10.2 Å². The summed E-state index contributed by atoms with van der Waals surface area (Å²) in [6, 6.07) is 2.84. The van der Waals surface area contributed by atoms with Crippen LogP contribution in [0.4, 0.5) is 24.5 Å². The topological polar surface area (TPSA) is 84.2 Å². The van der Waals surface area contributed by atoms with Gasteiger partial charge in [-0.05, 0) is 24.6 Å². The first-order valence-electron chi connectivity index (χ1n) is 5.40. The molecule has 0 radical (unpaired) electrons. The zero-order valence-corrected chi connectivity index (χ0v) is 10.9. The van der Waals surface area contributed by atoms with Crippen molar-refractivity contribution in [3.05, 3.63) is 23.8 Å². The molecule has 19 heavy (non-hydrogen) atoms. The highest BCUT2D eigenvalue weighted by Crippen LogP contribution is 2.36. The maximum absolute atomic E-state index is 12.7. The first kappa shape index (κ1) is 15.6. The summed E-state index contributed by atoms with van der Waals surface area (Å²) in [5.74, 6) is 0. The number of hydrogen-bond donors (Lipinski definition) is 3. The average Bonchev–Trinajstić information content (AvgIpc) is 2.27. The van der Waals surface area contributed by atoms with E-state index in [9.17, 15) is 21.6 Å². The van der Waals surface area contributed by atoms with Gasteiger partial charge in [0.05, 0.1) is 11.3 Å². The molecule has 1 aromatic carbocycles. The van der Waals surface area contributed by atoms with E-state index in [0.29, 0.717) is 12.5 Å². The van der Waals surface area contributed by atoms with Crippen LogP contribution in [0.5, 0.6) is 0 Å². The molecule has 0 fully saturated rings. The third-order valence-electron chi connectivity index (χ3n) is 2.14. The molecule has 1 rings (SSSR count). The van der Waals surface area contributed by atoms with E-state index in [4.69, 9.17) is 5.73 Å². The van der Waals surface area contributed by atoms with Crippen molar-refractivity contribution in [2.24, 2.45) is 0 Å². The van der Waals surface area contributed by atoms with Gasteiger partial charge in [-0.3, -0.25) is 4.72 Å². The maximum Gasteiger partial charge on any atom is 0.418 e. The molecule has 0 heterocycles. The molecule has 9 heteroatoms. The highest BCUT2D eigenvalue weighted by molar-refractivity contribution is 7.90. The minimum Gasteiger partial charge on any atom is -0.399 e. The predicted molar refractivity (Wildman–Crippen MR) is 66.7 cm³/mol. The van der Waals surface area contributed by atoms with Crippen molar-refractivity contribution in [1.29, 1.82) is 0 Å². The van der Waals surface area contributed by atoms with Gasteiger partial charge in [0.1, 0.15) is 0 Å². The lowest BCUT2D eigenvalue weighted by molar-refractivity contribution is -0.136. The quantitative estimate of drug-likeness (QED) is 0.726. The van der Waals surface area contributed by atoms with Crippen molar-refractivity contribution in [3.63, 3.8) is 0 Å². The van der Waals surface area contributed by atoms with Crippen LogP contribution in [-0.2, 0) is 16.4 Å². The third kappa shape index (κ3) is 4.60. The molecule has 0 aliphatic carbocycles. The van der Waals surface area contributed by atoms with Crippen LogP contribution in [0.2, 0.25) is 0 Å². The summed E-state index contributed by atoms with van der Waals surface area (Å²) in [6.07, 6.45) is -4.17. The molecular formula is C10H14F3N3O2S. The molecule has 0 spiro atoms. The van der Waals surface area contributed by atoms with Crippen LogP contribution in [0.1, 0.15) is 18.9 Å². The molecule has 108 valence electrons. The number of hydrogen-bond acceptors (Lipinski definition) is 3. The van der Waals surface area contributed by atoms with Gasteiger partial charge in [-0.1, -0.05) is 6.92 Å². The molecule has 1 aromatic rings. The van der Waals surface area contributed by atoms with E-state index in [2.05, 4.69) is 4.72 Å². The van der Waals surface area contributed by atoms with Gasteiger partial charge in [-0.15, -0.1) is 0 Å². The molecule has 0 amide bonds. The Balaban J connectivity index is 3.08. The highest BCUT2D eigenvalue weighted by atomic mass is 32.2. The SMILES string of the molecule is CCCNS(=O)(=O)Nc1ccc(N)cc1C(F)(F)F. The molecule has 4 N–H and O–H groups in total. The van der Waals surface area contributed by atoms with Crippen LogP contribution in [-0.4, -0.2) is 15.0 Å². The van der Waals surface area contributed by atoms with E-state index in [1.54, 1.807) is 6.92 Å². The molecule has 5 nitrogen and oxygen atoms in total. The highest BCUT2D eigenvalue weighted by Gasteiger charge is 2.34. The Morgan fingerprint density at radius 3 is 2.47 bits per heavy atom. The number of nitrogens with one attached hydrogen (secondary N) is 2. The zero-order valence-electron chi connectivity index (χ0n) is 10.1. The van der Waals surface area contributed by atoms with E-state index in [0.717, 1.165) is 6.07 Å². The molecule has 0 saturated heterocycles. The number of rotatable bonds is 5. The maximum atomic E-state index is 12.7. The van der Waals surface area contributed by atoms with Crippen LogP contribution in [0, 0.1) is 0 Å². The standard InChI is InChI=1S/C10H14F3N3O2S/c1-2-5-15-19(17,18)16-9-4-3-7(14)6-8(9)10(11,12)13/h3-4,6,15-16H,2,5,14H2,1H3. The van der Waals surface area contributed by atoms with Crippen LogP contribution < -0.4 is 15.2 Å². The van der Waals surface area contributed by atoms with Gasteiger partial charge in [0.15, 0.2) is 0 Å². The van der Waals surface area contributed by atoms with Gasteiger partial charge in [0.2, 0.25) is 0 Å². The second-order valence-electron chi connectivity index (χ2n) is 3.80. The largest absolute Gasteiger partial charge is 0.418 e. The molecule has 0 aliphatic heterocycles. The molecule has 0 unspecified atom stereocenters. The summed E-state index contributed by atoms with van der Waals surface area (Å²) in [4.78, 5) is 0. The minimum absolute atomic E-state index is 0.100. The normalized spacial score (nSPS) is 12.4. The summed E-state index contributed by atoms with van der Waals surface area (Å²) in [6.45, 7) is 1.86. The Kier molecular flexibility index (Phi) is 4.64. The van der Waals surface area contributed by atoms with E-state index in [1.165, 1.54) is 6.07 Å². The molecular weight excluding hydrogens is 283 g/mol. The smallest absolute Gasteiger partial charge is 0.399 e. The van der Waals surface area contributed by atoms with Crippen molar-refractivity contribution < 1.29 is 21.6 Å². The molecule has 0 atom stereocenters. The number of nitrogens with two attached hydrogens (primary N) is 1. The van der Waals surface area contributed by atoms with Crippen molar-refractivity contribution in [3.8, 4) is 0 Å². The first-order chi connectivity index (χ1) is 8.65. The first-order valence-corrected chi connectivity index (χ1v) is 6.88. The zero-order chi connectivity index (χ0) is 14.7. The lowest BCUT2D eigenvalue weighted by atomic mass is 10.1. The second kappa shape index (κ2) is 5.66. The monoisotopic (exact) mass is 297 g/mol. The van der Waals surface area contributed by atoms with E-state index in [-0.39, 0.29) is 12.2 Å². The molecule has 0 saturated carbocycles. The Morgan fingerprint density at radius 2 is 1.95 bits per heavy atom. The fourth-order valence-electron chi connectivity index (χ4n) is 1.30. The number of halogens is 3. The van der Waals surface area contributed by atoms with Crippen molar-refractivity contribution in [1.82, 2.24) is 4.72 Å². The predicted octanol–water partition coefficient (Wildman–Crippen LogP) is 1.94. The van der Waals surface area contributed by atoms with E-state index >= 15 is 0 Å². The fraction of sp³-hybridized carbons (Fsp3) is 0.400. The number of nitrogen functional groups attached to an aromatic ring is 1. The Bertz CT molecular complexity index is 543. The van der Waals surface area contributed by atoms with Gasteiger partial charge in [-0.25, -0.2) is 0 Å². The summed E-state index contributed by atoms with van der Waals surface area (Å²) in [5.41, 5.74) is 3.48. The third-order valence-corrected chi connectivity index (χ3v) is 3.21. The fourth-order valence-corrected chi connectivity index (χ4v) is 2.32. The number of benzene rings is 1. The second-order valence-corrected chi connectivity index (χ2v) is 5.30. The summed E-state index contributed by atoms with van der Waals surface area (Å²) < 4.78 is 65.2. The van der Waals surface area contributed by atoms with Crippen LogP contribution in [0.3, 0.4) is 0 Å².